The molecule has 0 bridgehead atoms. The molecule has 0 amide bonds. The van der Waals surface area contributed by atoms with Crippen LogP contribution in [-0.4, -0.2) is 29.1 Å². The van der Waals surface area contributed by atoms with Crippen molar-refractivity contribution < 1.29 is 9.30 Å². The van der Waals surface area contributed by atoms with E-state index in [1.54, 1.807) is 11.8 Å². The van der Waals surface area contributed by atoms with Gasteiger partial charge in [-0.05, 0) is 29.7 Å². The molecule has 0 aromatic heterocycles. The summed E-state index contributed by atoms with van der Waals surface area (Å²) in [6.45, 7) is 3.70. The Morgan fingerprint density at radius 2 is 1.85 bits per heavy atom. The molecular weight excluding hydrogens is 309 g/mol. The minimum Gasteiger partial charge on any atom is -0.497 e. The number of thiocarbonyl (C=S) groups is 1. The number of benzene rings is 1. The molecule has 6 heteroatoms. The molecule has 1 aromatic carbocycles. The summed E-state index contributed by atoms with van der Waals surface area (Å²) >= 11 is 7.02. The summed E-state index contributed by atoms with van der Waals surface area (Å²) < 4.78 is 20.3. The largest absolute Gasteiger partial charge is 0.497 e. The van der Waals surface area contributed by atoms with Gasteiger partial charge in [0.15, 0.2) is 0 Å². The Morgan fingerprint density at radius 3 is 2.25 bits per heavy atom. The van der Waals surface area contributed by atoms with Crippen molar-refractivity contribution in [3.63, 3.8) is 0 Å². The summed E-state index contributed by atoms with van der Waals surface area (Å²) in [5.41, 5.74) is -0.00532. The zero-order valence-electron chi connectivity index (χ0n) is 12.4. The van der Waals surface area contributed by atoms with Gasteiger partial charge in [-0.1, -0.05) is 44.4 Å². The van der Waals surface area contributed by atoms with E-state index in [2.05, 4.69) is 20.8 Å². The molecule has 0 spiro atoms. The fourth-order valence-corrected chi connectivity index (χ4v) is 9.27. The third kappa shape index (κ3) is 2.63. The summed E-state index contributed by atoms with van der Waals surface area (Å²) in [7, 11) is 3.46. The monoisotopic (exact) mass is 329 g/mol. The third-order valence-corrected chi connectivity index (χ3v) is 10.4. The molecule has 1 heterocycles. The van der Waals surface area contributed by atoms with Gasteiger partial charge in [0.1, 0.15) is 5.75 Å². The number of rotatable bonds is 2. The second kappa shape index (κ2) is 5.36. The van der Waals surface area contributed by atoms with E-state index in [9.17, 15) is 4.57 Å². The van der Waals surface area contributed by atoms with Gasteiger partial charge in [-0.3, -0.25) is 4.57 Å². The first-order valence-corrected chi connectivity index (χ1v) is 9.96. The van der Waals surface area contributed by atoms with Gasteiger partial charge in [-0.15, -0.1) is 0 Å². The second-order valence-electron chi connectivity index (χ2n) is 5.93. The standard InChI is InChI=1S/C14H20NO2PS2/c1-14(2,3)12-13(19)15(4)18(16,20-12)11-8-6-10(17-5)7-9-11/h6-9,12H,1-5H3/t12-,18-/m1/s1. The molecule has 3 nitrogen and oxygen atoms in total. The quantitative estimate of drug-likeness (QED) is 0.606. The molecular formula is C14H20NO2PS2. The molecule has 0 saturated carbocycles. The zero-order valence-corrected chi connectivity index (χ0v) is 14.9. The van der Waals surface area contributed by atoms with Crippen molar-refractivity contribution in [2.45, 2.75) is 26.0 Å². The maximum Gasteiger partial charge on any atom is 0.255 e. The molecule has 0 aliphatic carbocycles. The van der Waals surface area contributed by atoms with Crippen molar-refractivity contribution in [1.82, 2.24) is 4.67 Å². The van der Waals surface area contributed by atoms with Crippen LogP contribution >= 0.6 is 30.1 Å². The lowest BCUT2D eigenvalue weighted by Gasteiger charge is -2.25. The van der Waals surface area contributed by atoms with E-state index < -0.39 is 6.49 Å². The Balaban J connectivity index is 2.39. The van der Waals surface area contributed by atoms with Crippen LogP contribution in [0, 0.1) is 5.41 Å². The highest BCUT2D eigenvalue weighted by atomic mass is 32.7. The maximum absolute atomic E-state index is 13.4. The van der Waals surface area contributed by atoms with Gasteiger partial charge in [0.05, 0.1) is 17.3 Å². The van der Waals surface area contributed by atoms with Crippen molar-refractivity contribution in [3.8, 4) is 5.75 Å². The van der Waals surface area contributed by atoms with Crippen molar-refractivity contribution >= 4 is 40.4 Å². The van der Waals surface area contributed by atoms with Crippen molar-refractivity contribution in [3.05, 3.63) is 24.3 Å². The van der Waals surface area contributed by atoms with Crippen LogP contribution in [0.5, 0.6) is 5.75 Å². The summed E-state index contributed by atoms with van der Waals surface area (Å²) in [4.78, 5) is 0.779. The minimum atomic E-state index is -2.70. The van der Waals surface area contributed by atoms with Gasteiger partial charge >= 0.3 is 0 Å². The van der Waals surface area contributed by atoms with Crippen LogP contribution in [0.15, 0.2) is 24.3 Å². The fraction of sp³-hybridized carbons (Fsp3) is 0.500. The van der Waals surface area contributed by atoms with Crippen LogP contribution in [0.1, 0.15) is 20.8 Å². The van der Waals surface area contributed by atoms with Crippen molar-refractivity contribution in [1.29, 1.82) is 0 Å². The molecule has 1 saturated heterocycles. The highest BCUT2D eigenvalue weighted by molar-refractivity contribution is 8.61. The van der Waals surface area contributed by atoms with Crippen LogP contribution in [0.4, 0.5) is 0 Å². The van der Waals surface area contributed by atoms with Crippen molar-refractivity contribution in [2.75, 3.05) is 14.2 Å². The summed E-state index contributed by atoms with van der Waals surface area (Å²) in [6, 6.07) is 7.43. The minimum absolute atomic E-state index is 0.00532. The average Bonchev–Trinajstić information content (AvgIpc) is 2.64. The number of hydrogen-bond acceptors (Lipinski definition) is 4. The van der Waals surface area contributed by atoms with E-state index >= 15 is 0 Å². The molecule has 110 valence electrons. The Hall–Kier alpha value is -0.510. The molecule has 20 heavy (non-hydrogen) atoms. The van der Waals surface area contributed by atoms with Gasteiger partial charge in [0.25, 0.3) is 6.49 Å². The van der Waals surface area contributed by atoms with E-state index in [0.717, 1.165) is 16.0 Å². The van der Waals surface area contributed by atoms with Crippen molar-refractivity contribution in [2.24, 2.45) is 5.41 Å². The lowest BCUT2D eigenvalue weighted by Crippen LogP contribution is -2.32. The molecule has 1 aromatic rings. The highest BCUT2D eigenvalue weighted by Crippen LogP contribution is 2.69. The zero-order chi connectivity index (χ0) is 15.1. The molecule has 1 aliphatic rings. The first kappa shape index (κ1) is 15.9. The normalized spacial score (nSPS) is 26.9. The average molecular weight is 329 g/mol. The van der Waals surface area contributed by atoms with E-state index in [1.165, 1.54) is 11.4 Å². The number of nitrogens with zero attached hydrogens (tertiary/aromatic N) is 1. The SMILES string of the molecule is COc1ccc([P@@]2(=O)S[C@@H](C(C)(C)C)C(=S)N2C)cc1. The first-order valence-electron chi connectivity index (χ1n) is 6.41. The van der Waals surface area contributed by atoms with E-state index in [0.29, 0.717) is 0 Å². The number of methoxy groups -OCH3 is 1. The fourth-order valence-electron chi connectivity index (χ4n) is 2.09. The van der Waals surface area contributed by atoms with E-state index in [-0.39, 0.29) is 10.7 Å². The Kier molecular flexibility index (Phi) is 4.25. The maximum atomic E-state index is 13.4. The van der Waals surface area contributed by atoms with Crippen LogP contribution in [0.25, 0.3) is 0 Å². The van der Waals surface area contributed by atoms with Gasteiger partial charge in [0.2, 0.25) is 0 Å². The predicted octanol–water partition coefficient (Wildman–Crippen LogP) is 3.93. The lowest BCUT2D eigenvalue weighted by molar-refractivity contribution is 0.415. The first-order chi connectivity index (χ1) is 9.20. The second-order valence-corrected chi connectivity index (χ2v) is 11.3. The van der Waals surface area contributed by atoms with E-state index in [4.69, 9.17) is 17.0 Å². The molecule has 1 fully saturated rings. The van der Waals surface area contributed by atoms with Crippen LogP contribution in [0.3, 0.4) is 0 Å². The van der Waals surface area contributed by atoms with Gasteiger partial charge in [0, 0.05) is 12.4 Å². The molecule has 0 N–H and O–H groups in total. The lowest BCUT2D eigenvalue weighted by atomic mass is 9.91. The Labute approximate surface area is 130 Å². The summed E-state index contributed by atoms with van der Waals surface area (Å²) in [6.07, 6.45) is 0. The summed E-state index contributed by atoms with van der Waals surface area (Å²) in [5.74, 6) is 0.766. The molecule has 1 aliphatic heterocycles. The smallest absolute Gasteiger partial charge is 0.255 e. The summed E-state index contributed by atoms with van der Waals surface area (Å²) in [5, 5.41) is 0.912. The van der Waals surface area contributed by atoms with Gasteiger partial charge in [-0.2, -0.15) is 0 Å². The van der Waals surface area contributed by atoms with E-state index in [1.807, 2.05) is 31.3 Å². The number of ether oxygens (including phenoxy) is 1. The van der Waals surface area contributed by atoms with Crippen LogP contribution in [-0.2, 0) is 4.57 Å². The predicted molar refractivity (Wildman–Crippen MR) is 91.4 cm³/mol. The highest BCUT2D eigenvalue weighted by Gasteiger charge is 2.49. The number of hydrogen-bond donors (Lipinski definition) is 0. The van der Waals surface area contributed by atoms with Crippen LogP contribution < -0.4 is 10.0 Å². The molecule has 0 unspecified atom stereocenters. The topological polar surface area (TPSA) is 29.5 Å². The molecule has 0 radical (unpaired) electrons. The third-order valence-electron chi connectivity index (χ3n) is 3.37. The molecule has 2 rings (SSSR count). The Morgan fingerprint density at radius 1 is 1.30 bits per heavy atom. The Bertz CT molecular complexity index is 566. The molecule has 2 atom stereocenters. The van der Waals surface area contributed by atoms with Gasteiger partial charge < -0.3 is 9.41 Å². The van der Waals surface area contributed by atoms with Crippen LogP contribution in [0.2, 0.25) is 0 Å². The van der Waals surface area contributed by atoms with Gasteiger partial charge in [-0.25, -0.2) is 0 Å².